The molecule has 0 aliphatic rings. The number of aromatic nitrogens is 1. The molecular formula is C13H18N2O2. The summed E-state index contributed by atoms with van der Waals surface area (Å²) in [6.07, 6.45) is 5.40. The van der Waals surface area contributed by atoms with Crippen LogP contribution in [-0.2, 0) is 13.0 Å². The Morgan fingerprint density at radius 2 is 2.24 bits per heavy atom. The lowest BCUT2D eigenvalue weighted by Crippen LogP contribution is -2.13. The molecule has 0 aliphatic carbocycles. The molecule has 4 nitrogen and oxygen atoms in total. The molecule has 2 heterocycles. The largest absolute Gasteiger partial charge is 0.469 e. The Hall–Kier alpha value is -1.55. The van der Waals surface area contributed by atoms with E-state index in [0.29, 0.717) is 6.54 Å². The lowest BCUT2D eigenvalue weighted by atomic mass is 10.2. The van der Waals surface area contributed by atoms with Crippen LogP contribution in [0.25, 0.3) is 11.3 Å². The van der Waals surface area contributed by atoms with Gasteiger partial charge < -0.3 is 14.2 Å². The van der Waals surface area contributed by atoms with E-state index in [9.17, 15) is 0 Å². The molecule has 0 bridgehead atoms. The van der Waals surface area contributed by atoms with E-state index in [0.717, 1.165) is 42.4 Å². The Kier molecular flexibility index (Phi) is 3.98. The summed E-state index contributed by atoms with van der Waals surface area (Å²) in [6, 6.07) is 1.92. The second-order valence-electron chi connectivity index (χ2n) is 3.91. The highest BCUT2D eigenvalue weighted by Crippen LogP contribution is 2.25. The molecule has 0 spiro atoms. The fourth-order valence-corrected chi connectivity index (χ4v) is 1.72. The van der Waals surface area contributed by atoms with Gasteiger partial charge in [0.2, 0.25) is 5.89 Å². The second-order valence-corrected chi connectivity index (χ2v) is 3.91. The van der Waals surface area contributed by atoms with Crippen LogP contribution in [-0.4, -0.2) is 11.5 Å². The van der Waals surface area contributed by atoms with E-state index in [1.165, 1.54) is 0 Å². The Bertz CT molecular complexity index is 459. The molecule has 0 fully saturated rings. The highest BCUT2D eigenvalue weighted by Gasteiger charge is 2.11. The Labute approximate surface area is 101 Å². The summed E-state index contributed by atoms with van der Waals surface area (Å²) in [4.78, 5) is 4.25. The fraction of sp³-hybridized carbons (Fsp3) is 0.462. The zero-order valence-corrected chi connectivity index (χ0v) is 10.3. The molecule has 0 saturated heterocycles. The monoisotopic (exact) mass is 234 g/mol. The van der Waals surface area contributed by atoms with Gasteiger partial charge >= 0.3 is 0 Å². The normalized spacial score (nSPS) is 10.9. The van der Waals surface area contributed by atoms with Crippen molar-refractivity contribution >= 4 is 0 Å². The van der Waals surface area contributed by atoms with Crippen LogP contribution in [0, 0.1) is 0 Å². The average molecular weight is 234 g/mol. The summed E-state index contributed by atoms with van der Waals surface area (Å²) in [5.41, 5.74) is 1.00. The van der Waals surface area contributed by atoms with Gasteiger partial charge in [-0.05, 0) is 19.0 Å². The number of oxazole rings is 1. The van der Waals surface area contributed by atoms with Crippen LogP contribution in [0.5, 0.6) is 0 Å². The second kappa shape index (κ2) is 5.68. The van der Waals surface area contributed by atoms with Gasteiger partial charge in [0.05, 0.1) is 24.6 Å². The van der Waals surface area contributed by atoms with E-state index in [4.69, 9.17) is 8.83 Å². The summed E-state index contributed by atoms with van der Waals surface area (Å²) in [6.45, 7) is 5.84. The first-order valence-electron chi connectivity index (χ1n) is 6.07. The van der Waals surface area contributed by atoms with E-state index in [1.54, 1.807) is 12.5 Å². The molecule has 0 aromatic carbocycles. The minimum Gasteiger partial charge on any atom is -0.469 e. The Balaban J connectivity index is 2.07. The van der Waals surface area contributed by atoms with E-state index in [-0.39, 0.29) is 0 Å². The van der Waals surface area contributed by atoms with E-state index >= 15 is 0 Å². The van der Waals surface area contributed by atoms with Gasteiger partial charge in [-0.25, -0.2) is 4.98 Å². The predicted molar refractivity (Wildman–Crippen MR) is 65.6 cm³/mol. The highest BCUT2D eigenvalue weighted by molar-refractivity contribution is 5.58. The third-order valence-corrected chi connectivity index (χ3v) is 2.59. The highest BCUT2D eigenvalue weighted by atomic mass is 16.4. The van der Waals surface area contributed by atoms with Gasteiger partial charge in [-0.15, -0.1) is 0 Å². The molecule has 0 saturated carbocycles. The van der Waals surface area contributed by atoms with Gasteiger partial charge in [-0.2, -0.15) is 0 Å². The van der Waals surface area contributed by atoms with Crippen LogP contribution in [0.4, 0.5) is 0 Å². The Morgan fingerprint density at radius 3 is 3.00 bits per heavy atom. The van der Waals surface area contributed by atoms with Crippen molar-refractivity contribution in [3.8, 4) is 11.3 Å². The van der Waals surface area contributed by atoms with Crippen molar-refractivity contribution in [2.75, 3.05) is 6.54 Å². The standard InChI is InChI=1S/C13H18N2O2/c1-3-6-14-9-13-15-8-12(17-13)10-5-7-16-11(10)4-2/h5,7-8,14H,3-4,6,9H2,1-2H3. The maximum absolute atomic E-state index is 5.68. The number of nitrogens with zero attached hydrogens (tertiary/aromatic N) is 1. The van der Waals surface area contributed by atoms with Crippen LogP contribution in [0.3, 0.4) is 0 Å². The van der Waals surface area contributed by atoms with Crippen molar-refractivity contribution in [2.45, 2.75) is 33.2 Å². The molecule has 0 atom stereocenters. The zero-order valence-electron chi connectivity index (χ0n) is 10.3. The van der Waals surface area contributed by atoms with E-state index in [1.807, 2.05) is 6.07 Å². The van der Waals surface area contributed by atoms with Crippen LogP contribution in [0.15, 0.2) is 27.4 Å². The van der Waals surface area contributed by atoms with Crippen molar-refractivity contribution in [1.82, 2.24) is 10.3 Å². The third kappa shape index (κ3) is 2.77. The number of hydrogen-bond donors (Lipinski definition) is 1. The lowest BCUT2D eigenvalue weighted by molar-refractivity contribution is 0.474. The van der Waals surface area contributed by atoms with Gasteiger partial charge in [-0.3, -0.25) is 0 Å². The first kappa shape index (κ1) is 11.9. The summed E-state index contributed by atoms with van der Waals surface area (Å²) < 4.78 is 11.1. The van der Waals surface area contributed by atoms with Crippen molar-refractivity contribution in [3.05, 3.63) is 30.2 Å². The number of rotatable bonds is 6. The SMILES string of the molecule is CCCNCc1ncc(-c2ccoc2CC)o1. The summed E-state index contributed by atoms with van der Waals surface area (Å²) in [5.74, 6) is 2.44. The smallest absolute Gasteiger partial charge is 0.208 e. The number of furan rings is 1. The summed E-state index contributed by atoms with van der Waals surface area (Å²) >= 11 is 0. The first-order chi connectivity index (χ1) is 8.35. The van der Waals surface area contributed by atoms with Crippen LogP contribution in [0.2, 0.25) is 0 Å². The van der Waals surface area contributed by atoms with Crippen LogP contribution >= 0.6 is 0 Å². The molecule has 0 amide bonds. The van der Waals surface area contributed by atoms with Crippen molar-refractivity contribution in [3.63, 3.8) is 0 Å². The van der Waals surface area contributed by atoms with Crippen molar-refractivity contribution in [2.24, 2.45) is 0 Å². The van der Waals surface area contributed by atoms with Crippen LogP contribution in [0.1, 0.15) is 31.9 Å². The van der Waals surface area contributed by atoms with Gasteiger partial charge in [0.1, 0.15) is 5.76 Å². The molecule has 2 aromatic rings. The molecular weight excluding hydrogens is 216 g/mol. The molecule has 0 unspecified atom stereocenters. The van der Waals surface area contributed by atoms with E-state index in [2.05, 4.69) is 24.1 Å². The topological polar surface area (TPSA) is 51.2 Å². The molecule has 2 rings (SSSR count). The van der Waals surface area contributed by atoms with Gasteiger partial charge in [0, 0.05) is 6.42 Å². The minimum atomic E-state index is 0.674. The average Bonchev–Trinajstić information content (AvgIpc) is 2.96. The number of hydrogen-bond acceptors (Lipinski definition) is 4. The van der Waals surface area contributed by atoms with Gasteiger partial charge in [0.25, 0.3) is 0 Å². The van der Waals surface area contributed by atoms with Crippen LogP contribution < -0.4 is 5.32 Å². The lowest BCUT2D eigenvalue weighted by Gasteiger charge is -1.98. The zero-order chi connectivity index (χ0) is 12.1. The maximum atomic E-state index is 5.68. The summed E-state index contributed by atoms with van der Waals surface area (Å²) in [5, 5.41) is 3.26. The van der Waals surface area contributed by atoms with Crippen molar-refractivity contribution < 1.29 is 8.83 Å². The first-order valence-corrected chi connectivity index (χ1v) is 6.07. The molecule has 0 aliphatic heterocycles. The molecule has 92 valence electrons. The molecule has 0 radical (unpaired) electrons. The number of aryl methyl sites for hydroxylation is 1. The quantitative estimate of drug-likeness (QED) is 0.781. The fourth-order valence-electron chi connectivity index (χ4n) is 1.72. The maximum Gasteiger partial charge on any atom is 0.208 e. The molecule has 1 N–H and O–H groups in total. The summed E-state index contributed by atoms with van der Waals surface area (Å²) in [7, 11) is 0. The molecule has 17 heavy (non-hydrogen) atoms. The molecule has 4 heteroatoms. The van der Waals surface area contributed by atoms with Gasteiger partial charge in [-0.1, -0.05) is 13.8 Å². The minimum absolute atomic E-state index is 0.674. The van der Waals surface area contributed by atoms with Crippen molar-refractivity contribution in [1.29, 1.82) is 0 Å². The molecule has 2 aromatic heterocycles. The predicted octanol–water partition coefficient (Wildman–Crippen LogP) is 3.00. The number of nitrogens with one attached hydrogen (secondary N) is 1. The van der Waals surface area contributed by atoms with Gasteiger partial charge in [0.15, 0.2) is 5.76 Å². The Morgan fingerprint density at radius 1 is 1.35 bits per heavy atom. The third-order valence-electron chi connectivity index (χ3n) is 2.59. The van der Waals surface area contributed by atoms with E-state index < -0.39 is 0 Å².